The molecule has 0 amide bonds. The van der Waals surface area contributed by atoms with Crippen molar-refractivity contribution in [1.82, 2.24) is 0 Å². The molecule has 0 heterocycles. The van der Waals surface area contributed by atoms with Gasteiger partial charge in [-0.1, -0.05) is 29.3 Å². The molecule has 2 nitrogen and oxygen atoms in total. The molecule has 13 heavy (non-hydrogen) atoms. The molecule has 1 rings (SSSR count). The van der Waals surface area contributed by atoms with Crippen molar-refractivity contribution in [2.75, 3.05) is 0 Å². The van der Waals surface area contributed by atoms with Gasteiger partial charge in [0.2, 0.25) is 0 Å². The van der Waals surface area contributed by atoms with Crippen LogP contribution in [0.15, 0.2) is 23.1 Å². The van der Waals surface area contributed by atoms with E-state index in [0.717, 1.165) is 12.0 Å². The van der Waals surface area contributed by atoms with Crippen molar-refractivity contribution >= 4 is 41.2 Å². The third-order valence-electron chi connectivity index (χ3n) is 1.16. The molecule has 0 saturated heterocycles. The monoisotopic (exact) mass is 236 g/mol. The van der Waals surface area contributed by atoms with E-state index >= 15 is 0 Å². The topological polar surface area (TPSA) is 26.3 Å². The van der Waals surface area contributed by atoms with E-state index in [2.05, 4.69) is 0 Å². The van der Waals surface area contributed by atoms with Gasteiger partial charge in [0.25, 0.3) is 0 Å². The van der Waals surface area contributed by atoms with E-state index in [1.54, 1.807) is 18.2 Å². The van der Waals surface area contributed by atoms with Crippen LogP contribution in [0, 0.1) is 0 Å². The van der Waals surface area contributed by atoms with Crippen LogP contribution in [-0.2, 0) is 8.98 Å². The van der Waals surface area contributed by atoms with Gasteiger partial charge in [-0.3, -0.25) is 4.79 Å². The predicted molar refractivity (Wildman–Crippen MR) is 54.1 cm³/mol. The van der Waals surface area contributed by atoms with Crippen LogP contribution in [0.4, 0.5) is 0 Å². The highest BCUT2D eigenvalue weighted by Crippen LogP contribution is 2.33. The number of hydrogen-bond donors (Lipinski definition) is 0. The number of benzene rings is 1. The summed E-state index contributed by atoms with van der Waals surface area (Å²) >= 11 is 12.5. The SMILES string of the molecule is CC(=O)OSc1cccc(Cl)c1Cl. The van der Waals surface area contributed by atoms with Crippen molar-refractivity contribution in [3.8, 4) is 0 Å². The highest BCUT2D eigenvalue weighted by molar-refractivity contribution is 7.95. The predicted octanol–water partition coefficient (Wildman–Crippen LogP) is 3.56. The van der Waals surface area contributed by atoms with Gasteiger partial charge in [0.05, 0.1) is 27.0 Å². The molecule has 70 valence electrons. The highest BCUT2D eigenvalue weighted by Gasteiger charge is 2.06. The zero-order valence-electron chi connectivity index (χ0n) is 6.71. The molecule has 0 fully saturated rings. The molecule has 0 saturated carbocycles. The molecule has 5 heteroatoms. The molecule has 0 spiro atoms. The molecule has 0 bridgehead atoms. The Morgan fingerprint density at radius 1 is 1.46 bits per heavy atom. The summed E-state index contributed by atoms with van der Waals surface area (Å²) in [6.07, 6.45) is 0. The lowest BCUT2D eigenvalue weighted by atomic mass is 10.4. The third kappa shape index (κ3) is 3.10. The van der Waals surface area contributed by atoms with E-state index in [0.29, 0.717) is 14.9 Å². The lowest BCUT2D eigenvalue weighted by molar-refractivity contribution is -0.130. The van der Waals surface area contributed by atoms with Gasteiger partial charge in [-0.2, -0.15) is 0 Å². The first-order valence-corrected chi connectivity index (χ1v) is 4.90. The molecular weight excluding hydrogens is 231 g/mol. The minimum atomic E-state index is -0.374. The first-order valence-electron chi connectivity index (χ1n) is 3.40. The van der Waals surface area contributed by atoms with Crippen LogP contribution in [0.3, 0.4) is 0 Å². The minimum absolute atomic E-state index is 0.374. The third-order valence-corrected chi connectivity index (χ3v) is 2.93. The van der Waals surface area contributed by atoms with Crippen LogP contribution in [0.25, 0.3) is 0 Å². The van der Waals surface area contributed by atoms with Crippen molar-refractivity contribution < 1.29 is 8.98 Å². The minimum Gasteiger partial charge on any atom is -0.386 e. The number of rotatable bonds is 2. The molecular formula is C8H6Cl2O2S. The van der Waals surface area contributed by atoms with Gasteiger partial charge in [-0.05, 0) is 12.1 Å². The number of hydrogen-bond acceptors (Lipinski definition) is 3. The molecule has 0 aliphatic rings. The maximum absolute atomic E-state index is 10.5. The summed E-state index contributed by atoms with van der Waals surface area (Å²) in [5.74, 6) is -0.374. The fourth-order valence-corrected chi connectivity index (χ4v) is 1.63. The Bertz CT molecular complexity index is 328. The molecule has 0 aromatic heterocycles. The second-order valence-corrected chi connectivity index (χ2v) is 3.77. The lowest BCUT2D eigenvalue weighted by Gasteiger charge is -2.02. The van der Waals surface area contributed by atoms with Crippen LogP contribution in [0.1, 0.15) is 6.92 Å². The smallest absolute Gasteiger partial charge is 0.315 e. The molecule has 0 unspecified atom stereocenters. The van der Waals surface area contributed by atoms with Gasteiger partial charge in [-0.15, -0.1) is 0 Å². The van der Waals surface area contributed by atoms with E-state index in [1.165, 1.54) is 6.92 Å². The van der Waals surface area contributed by atoms with Crippen LogP contribution in [0.2, 0.25) is 10.0 Å². The molecule has 0 atom stereocenters. The highest BCUT2D eigenvalue weighted by atomic mass is 35.5. The van der Waals surface area contributed by atoms with E-state index in [9.17, 15) is 4.79 Å². The maximum Gasteiger partial charge on any atom is 0.315 e. The number of halogens is 2. The number of carbonyl (C=O) groups is 1. The van der Waals surface area contributed by atoms with Crippen LogP contribution in [0.5, 0.6) is 0 Å². The standard InChI is InChI=1S/C8H6Cl2O2S/c1-5(11)12-13-7-4-2-3-6(9)8(7)10/h2-4H,1H3. The van der Waals surface area contributed by atoms with Crippen LogP contribution < -0.4 is 0 Å². The molecule has 0 radical (unpaired) electrons. The summed E-state index contributed by atoms with van der Waals surface area (Å²) in [6.45, 7) is 1.32. The zero-order chi connectivity index (χ0) is 9.84. The Kier molecular flexibility index (Phi) is 3.90. The average molecular weight is 237 g/mol. The summed E-state index contributed by atoms with van der Waals surface area (Å²) in [4.78, 5) is 11.1. The molecule has 1 aromatic carbocycles. The second-order valence-electron chi connectivity index (χ2n) is 2.21. The fraction of sp³-hybridized carbons (Fsp3) is 0.125. The van der Waals surface area contributed by atoms with E-state index < -0.39 is 0 Å². The van der Waals surface area contributed by atoms with Gasteiger partial charge in [-0.25, -0.2) is 0 Å². The average Bonchev–Trinajstić information content (AvgIpc) is 2.07. The molecule has 1 aromatic rings. The van der Waals surface area contributed by atoms with Gasteiger partial charge in [0, 0.05) is 6.92 Å². The molecule has 0 N–H and O–H groups in total. The van der Waals surface area contributed by atoms with E-state index in [1.807, 2.05) is 0 Å². The molecule has 0 aliphatic carbocycles. The van der Waals surface area contributed by atoms with Gasteiger partial charge in [0.1, 0.15) is 0 Å². The first-order chi connectivity index (χ1) is 6.11. The summed E-state index contributed by atoms with van der Waals surface area (Å²) in [5, 5.41) is 0.842. The number of carbonyl (C=O) groups excluding carboxylic acids is 1. The maximum atomic E-state index is 10.5. The van der Waals surface area contributed by atoms with Crippen molar-refractivity contribution in [3.63, 3.8) is 0 Å². The largest absolute Gasteiger partial charge is 0.386 e. The second kappa shape index (κ2) is 4.74. The summed E-state index contributed by atoms with van der Waals surface area (Å²) in [7, 11) is 0. The quantitative estimate of drug-likeness (QED) is 0.735. The van der Waals surface area contributed by atoms with Gasteiger partial charge >= 0.3 is 5.97 Å². The van der Waals surface area contributed by atoms with E-state index in [4.69, 9.17) is 27.4 Å². The Labute approximate surface area is 90.4 Å². The van der Waals surface area contributed by atoms with Gasteiger partial charge in [0.15, 0.2) is 0 Å². The van der Waals surface area contributed by atoms with Crippen molar-refractivity contribution in [2.45, 2.75) is 11.8 Å². The Morgan fingerprint density at radius 3 is 2.77 bits per heavy atom. The van der Waals surface area contributed by atoms with Gasteiger partial charge < -0.3 is 4.18 Å². The molecule has 0 aliphatic heterocycles. The Morgan fingerprint density at radius 2 is 2.15 bits per heavy atom. The summed E-state index contributed by atoms with van der Waals surface area (Å²) in [5.41, 5.74) is 0. The summed E-state index contributed by atoms with van der Waals surface area (Å²) in [6, 6.07) is 5.13. The Balaban J connectivity index is 2.77. The van der Waals surface area contributed by atoms with Crippen molar-refractivity contribution in [1.29, 1.82) is 0 Å². The van der Waals surface area contributed by atoms with Crippen LogP contribution in [-0.4, -0.2) is 5.97 Å². The van der Waals surface area contributed by atoms with Crippen molar-refractivity contribution in [3.05, 3.63) is 28.2 Å². The van der Waals surface area contributed by atoms with Crippen LogP contribution >= 0.6 is 35.2 Å². The Hall–Kier alpha value is -0.380. The normalized spacial score (nSPS) is 9.77. The lowest BCUT2D eigenvalue weighted by Crippen LogP contribution is -1.89. The summed E-state index contributed by atoms with van der Waals surface area (Å²) < 4.78 is 4.70. The van der Waals surface area contributed by atoms with E-state index in [-0.39, 0.29) is 5.97 Å². The fourth-order valence-electron chi connectivity index (χ4n) is 0.652. The first kappa shape index (κ1) is 10.7. The van der Waals surface area contributed by atoms with Crippen molar-refractivity contribution in [2.24, 2.45) is 0 Å². The zero-order valence-corrected chi connectivity index (χ0v) is 9.04.